The van der Waals surface area contributed by atoms with Crippen LogP contribution in [0.3, 0.4) is 0 Å². The van der Waals surface area contributed by atoms with Crippen molar-refractivity contribution < 1.29 is 33.7 Å². The highest BCUT2D eigenvalue weighted by Crippen LogP contribution is 2.05. The Morgan fingerprint density at radius 1 is 0.680 bits per heavy atom. The number of unbranched alkanes of at least 4 members (excludes halogenated alkanes) is 5. The molecule has 0 amide bonds. The molecule has 0 saturated heterocycles. The van der Waals surface area contributed by atoms with Crippen molar-refractivity contribution in [3.63, 3.8) is 0 Å². The van der Waals surface area contributed by atoms with E-state index in [4.69, 9.17) is 19.3 Å². The number of hydrogen-bond acceptors (Lipinski definition) is 6. The van der Waals surface area contributed by atoms with Crippen molar-refractivity contribution in [2.24, 2.45) is 0 Å². The molecule has 0 rings (SSSR count). The SMILES string of the molecule is CCCCCCCC(=O)OCCOCCOC(=O)CCCCC(=O)O. The van der Waals surface area contributed by atoms with E-state index in [1.54, 1.807) is 0 Å². The van der Waals surface area contributed by atoms with Crippen molar-refractivity contribution in [1.29, 1.82) is 0 Å². The van der Waals surface area contributed by atoms with Crippen LogP contribution in [0.15, 0.2) is 0 Å². The van der Waals surface area contributed by atoms with Crippen LogP contribution >= 0.6 is 0 Å². The molecule has 0 bridgehead atoms. The molecule has 146 valence electrons. The second kappa shape index (κ2) is 17.2. The molecular formula is C18H32O7. The topological polar surface area (TPSA) is 99.1 Å². The van der Waals surface area contributed by atoms with E-state index in [0.29, 0.717) is 19.3 Å². The number of ether oxygens (including phenoxy) is 3. The van der Waals surface area contributed by atoms with Crippen LogP contribution in [0.25, 0.3) is 0 Å². The maximum absolute atomic E-state index is 11.4. The van der Waals surface area contributed by atoms with Gasteiger partial charge in [-0.15, -0.1) is 0 Å². The molecule has 0 spiro atoms. The molecular weight excluding hydrogens is 328 g/mol. The van der Waals surface area contributed by atoms with Crippen LogP contribution in [0.4, 0.5) is 0 Å². The quantitative estimate of drug-likeness (QED) is 0.314. The predicted octanol–water partition coefficient (Wildman–Crippen LogP) is 3.09. The summed E-state index contributed by atoms with van der Waals surface area (Å²) in [4.78, 5) is 33.1. The Hall–Kier alpha value is -1.63. The minimum Gasteiger partial charge on any atom is -0.481 e. The summed E-state index contributed by atoms with van der Waals surface area (Å²) in [5.74, 6) is -1.42. The van der Waals surface area contributed by atoms with Crippen molar-refractivity contribution in [1.82, 2.24) is 0 Å². The van der Waals surface area contributed by atoms with Gasteiger partial charge in [0, 0.05) is 19.3 Å². The van der Waals surface area contributed by atoms with Crippen LogP contribution in [-0.4, -0.2) is 49.4 Å². The van der Waals surface area contributed by atoms with Crippen molar-refractivity contribution in [2.45, 2.75) is 71.1 Å². The minimum absolute atomic E-state index is 0.0633. The number of hydrogen-bond donors (Lipinski definition) is 1. The molecule has 1 N–H and O–H groups in total. The molecule has 0 fully saturated rings. The van der Waals surface area contributed by atoms with Gasteiger partial charge in [-0.3, -0.25) is 14.4 Å². The standard InChI is InChI=1S/C18H32O7/c1-2-3-4-5-6-10-17(21)24-14-12-23-13-15-25-18(22)11-8-7-9-16(19)20/h2-15H2,1H3,(H,19,20). The summed E-state index contributed by atoms with van der Waals surface area (Å²) in [5.41, 5.74) is 0. The summed E-state index contributed by atoms with van der Waals surface area (Å²) < 4.78 is 15.2. The number of carboxylic acid groups (broad SMARTS) is 1. The van der Waals surface area contributed by atoms with E-state index in [1.807, 2.05) is 0 Å². The monoisotopic (exact) mass is 360 g/mol. The van der Waals surface area contributed by atoms with Crippen LogP contribution in [-0.2, 0) is 28.6 Å². The van der Waals surface area contributed by atoms with Crippen molar-refractivity contribution in [3.05, 3.63) is 0 Å². The molecule has 0 heterocycles. The lowest BCUT2D eigenvalue weighted by Gasteiger charge is -2.07. The molecule has 0 aliphatic heterocycles. The fourth-order valence-electron chi connectivity index (χ4n) is 2.09. The molecule has 7 heteroatoms. The summed E-state index contributed by atoms with van der Waals surface area (Å²) in [6.45, 7) is 3.02. The van der Waals surface area contributed by atoms with Gasteiger partial charge in [-0.25, -0.2) is 0 Å². The summed E-state index contributed by atoms with van der Waals surface area (Å²) >= 11 is 0. The third-order valence-electron chi connectivity index (χ3n) is 3.49. The van der Waals surface area contributed by atoms with Crippen LogP contribution in [0.1, 0.15) is 71.1 Å². The Morgan fingerprint density at radius 3 is 1.68 bits per heavy atom. The van der Waals surface area contributed by atoms with E-state index in [2.05, 4.69) is 6.92 Å². The lowest BCUT2D eigenvalue weighted by molar-refractivity contribution is -0.147. The summed E-state index contributed by atoms with van der Waals surface area (Å²) in [6.07, 6.45) is 7.15. The number of carbonyl (C=O) groups is 3. The van der Waals surface area contributed by atoms with Crippen molar-refractivity contribution >= 4 is 17.9 Å². The maximum Gasteiger partial charge on any atom is 0.305 e. The molecule has 0 aromatic heterocycles. The molecule has 7 nitrogen and oxygen atoms in total. The van der Waals surface area contributed by atoms with Crippen molar-refractivity contribution in [2.75, 3.05) is 26.4 Å². The Labute approximate surface area is 150 Å². The Balaban J connectivity index is 3.30. The molecule has 0 aromatic rings. The highest BCUT2D eigenvalue weighted by molar-refractivity contribution is 5.70. The zero-order valence-corrected chi connectivity index (χ0v) is 15.3. The minimum atomic E-state index is -0.862. The molecule has 0 unspecified atom stereocenters. The molecule has 0 aromatic carbocycles. The molecule has 0 atom stereocenters. The van der Waals surface area contributed by atoms with Gasteiger partial charge >= 0.3 is 17.9 Å². The van der Waals surface area contributed by atoms with Gasteiger partial charge in [-0.2, -0.15) is 0 Å². The van der Waals surface area contributed by atoms with Crippen molar-refractivity contribution in [3.8, 4) is 0 Å². The van der Waals surface area contributed by atoms with Crippen LogP contribution in [0.5, 0.6) is 0 Å². The molecule has 0 saturated carbocycles. The number of carbonyl (C=O) groups excluding carboxylic acids is 2. The second-order valence-electron chi connectivity index (χ2n) is 5.82. The van der Waals surface area contributed by atoms with Crippen LogP contribution in [0.2, 0.25) is 0 Å². The smallest absolute Gasteiger partial charge is 0.305 e. The summed E-state index contributed by atoms with van der Waals surface area (Å²) in [5, 5.41) is 8.47. The lowest BCUT2D eigenvalue weighted by Crippen LogP contribution is -2.14. The third-order valence-corrected chi connectivity index (χ3v) is 3.49. The zero-order valence-electron chi connectivity index (χ0n) is 15.3. The first-order valence-corrected chi connectivity index (χ1v) is 9.17. The fourth-order valence-corrected chi connectivity index (χ4v) is 2.09. The molecule has 0 aliphatic rings. The molecule has 0 radical (unpaired) electrons. The van der Waals surface area contributed by atoms with E-state index in [-0.39, 0.29) is 51.2 Å². The van der Waals surface area contributed by atoms with Gasteiger partial charge in [-0.05, 0) is 19.3 Å². The normalized spacial score (nSPS) is 10.4. The van der Waals surface area contributed by atoms with Gasteiger partial charge in [-0.1, -0.05) is 32.6 Å². The highest BCUT2D eigenvalue weighted by atomic mass is 16.6. The number of aliphatic carboxylic acids is 1. The average molecular weight is 360 g/mol. The van der Waals surface area contributed by atoms with Gasteiger partial charge < -0.3 is 19.3 Å². The Bertz CT molecular complexity index is 368. The first-order valence-electron chi connectivity index (χ1n) is 9.17. The number of rotatable bonds is 17. The first-order chi connectivity index (χ1) is 12.1. The predicted molar refractivity (Wildman–Crippen MR) is 92.2 cm³/mol. The van der Waals surface area contributed by atoms with E-state index in [1.165, 1.54) is 12.8 Å². The zero-order chi connectivity index (χ0) is 18.8. The maximum atomic E-state index is 11.4. The fraction of sp³-hybridized carbons (Fsp3) is 0.833. The Kier molecular flexibility index (Phi) is 16.1. The average Bonchev–Trinajstić information content (AvgIpc) is 2.57. The third kappa shape index (κ3) is 18.5. The largest absolute Gasteiger partial charge is 0.481 e. The molecule has 25 heavy (non-hydrogen) atoms. The highest BCUT2D eigenvalue weighted by Gasteiger charge is 2.05. The number of esters is 2. The van der Waals surface area contributed by atoms with Crippen LogP contribution in [0, 0.1) is 0 Å². The van der Waals surface area contributed by atoms with E-state index in [9.17, 15) is 14.4 Å². The Morgan fingerprint density at radius 2 is 1.16 bits per heavy atom. The van der Waals surface area contributed by atoms with E-state index < -0.39 is 5.97 Å². The van der Waals surface area contributed by atoms with E-state index >= 15 is 0 Å². The van der Waals surface area contributed by atoms with E-state index in [0.717, 1.165) is 19.3 Å². The first kappa shape index (κ1) is 23.4. The lowest BCUT2D eigenvalue weighted by atomic mass is 10.1. The number of carboxylic acids is 1. The summed E-state index contributed by atoms with van der Waals surface area (Å²) in [7, 11) is 0. The van der Waals surface area contributed by atoms with Gasteiger partial charge in [0.1, 0.15) is 13.2 Å². The van der Waals surface area contributed by atoms with Gasteiger partial charge in [0.05, 0.1) is 13.2 Å². The second-order valence-corrected chi connectivity index (χ2v) is 5.82. The van der Waals surface area contributed by atoms with Gasteiger partial charge in [0.15, 0.2) is 0 Å². The van der Waals surface area contributed by atoms with Gasteiger partial charge in [0.2, 0.25) is 0 Å². The van der Waals surface area contributed by atoms with Gasteiger partial charge in [0.25, 0.3) is 0 Å². The van der Waals surface area contributed by atoms with Crippen LogP contribution < -0.4 is 0 Å². The molecule has 0 aliphatic carbocycles. The summed E-state index contributed by atoms with van der Waals surface area (Å²) in [6, 6.07) is 0.